The Balaban J connectivity index is 1.52. The molecule has 152 valence electrons. The molecular formula is C25H18ClN3O2. The number of amides is 3. The van der Waals surface area contributed by atoms with Gasteiger partial charge in [0.1, 0.15) is 5.70 Å². The number of benzene rings is 3. The summed E-state index contributed by atoms with van der Waals surface area (Å²) in [5, 5.41) is 4.41. The number of urea groups is 1. The molecule has 0 bridgehead atoms. The fourth-order valence-corrected chi connectivity index (χ4v) is 3.94. The lowest BCUT2D eigenvalue weighted by Crippen LogP contribution is -2.30. The molecule has 3 aromatic carbocycles. The zero-order chi connectivity index (χ0) is 21.4. The van der Waals surface area contributed by atoms with E-state index in [0.29, 0.717) is 17.3 Å². The van der Waals surface area contributed by atoms with Gasteiger partial charge in [0, 0.05) is 34.2 Å². The SMILES string of the molecule is O=C1N/C(=C\c2cn(Cc3ccc(Cl)cc3)c3ccccc23)C(=O)N1c1ccccc1. The van der Waals surface area contributed by atoms with E-state index in [1.165, 1.54) is 0 Å². The van der Waals surface area contributed by atoms with Crippen LogP contribution in [0.3, 0.4) is 0 Å². The van der Waals surface area contributed by atoms with Crippen molar-refractivity contribution in [3.63, 3.8) is 0 Å². The lowest BCUT2D eigenvalue weighted by atomic mass is 10.1. The molecule has 0 saturated carbocycles. The molecule has 0 unspecified atom stereocenters. The van der Waals surface area contributed by atoms with Gasteiger partial charge in [0.25, 0.3) is 5.91 Å². The Kier molecular flexibility index (Phi) is 4.81. The van der Waals surface area contributed by atoms with Crippen LogP contribution in [0.2, 0.25) is 5.02 Å². The standard InChI is InChI=1S/C25H18ClN3O2/c26-19-12-10-17(11-13-19)15-28-16-18(21-8-4-5-9-23(21)28)14-22-24(30)29(25(31)27-22)20-6-2-1-3-7-20/h1-14,16H,15H2,(H,27,31)/b22-14-. The molecule has 3 amide bonds. The van der Waals surface area contributed by atoms with Gasteiger partial charge < -0.3 is 9.88 Å². The monoisotopic (exact) mass is 427 g/mol. The van der Waals surface area contributed by atoms with E-state index in [2.05, 4.69) is 9.88 Å². The number of carbonyl (C=O) groups excluding carboxylic acids is 2. The minimum Gasteiger partial charge on any atom is -0.342 e. The molecule has 1 saturated heterocycles. The first kappa shape index (κ1) is 19.2. The van der Waals surface area contributed by atoms with E-state index in [0.717, 1.165) is 26.9 Å². The summed E-state index contributed by atoms with van der Waals surface area (Å²) in [6.07, 6.45) is 3.74. The summed E-state index contributed by atoms with van der Waals surface area (Å²) in [7, 11) is 0. The van der Waals surface area contributed by atoms with Gasteiger partial charge in [-0.2, -0.15) is 0 Å². The molecule has 1 aliphatic rings. The minimum atomic E-state index is -0.452. The molecule has 4 aromatic rings. The fourth-order valence-electron chi connectivity index (χ4n) is 3.81. The van der Waals surface area contributed by atoms with Crippen molar-refractivity contribution in [2.24, 2.45) is 0 Å². The molecule has 0 atom stereocenters. The molecule has 0 radical (unpaired) electrons. The van der Waals surface area contributed by atoms with Crippen LogP contribution < -0.4 is 10.2 Å². The number of nitrogens with zero attached hydrogens (tertiary/aromatic N) is 2. The zero-order valence-electron chi connectivity index (χ0n) is 16.5. The lowest BCUT2D eigenvalue weighted by Gasteiger charge is -2.10. The molecule has 5 rings (SSSR count). The molecular weight excluding hydrogens is 410 g/mol. The van der Waals surface area contributed by atoms with E-state index in [9.17, 15) is 9.59 Å². The summed E-state index contributed by atoms with van der Waals surface area (Å²) in [4.78, 5) is 26.6. The average molecular weight is 428 g/mol. The number of carbonyl (C=O) groups is 2. The second-order valence-corrected chi connectivity index (χ2v) is 7.76. The fraction of sp³-hybridized carbons (Fsp3) is 0.0400. The Morgan fingerprint density at radius 1 is 0.871 bits per heavy atom. The molecule has 1 N–H and O–H groups in total. The molecule has 6 heteroatoms. The van der Waals surface area contributed by atoms with Gasteiger partial charge in [-0.1, -0.05) is 60.1 Å². The van der Waals surface area contributed by atoms with Crippen LogP contribution in [0.25, 0.3) is 17.0 Å². The van der Waals surface area contributed by atoms with Crippen molar-refractivity contribution in [1.82, 2.24) is 9.88 Å². The van der Waals surface area contributed by atoms with Crippen LogP contribution in [-0.2, 0) is 11.3 Å². The van der Waals surface area contributed by atoms with Gasteiger partial charge in [-0.15, -0.1) is 0 Å². The summed E-state index contributed by atoms with van der Waals surface area (Å²) < 4.78 is 2.13. The normalized spacial score (nSPS) is 15.1. The van der Waals surface area contributed by atoms with Crippen LogP contribution in [0.5, 0.6) is 0 Å². The van der Waals surface area contributed by atoms with Gasteiger partial charge in [-0.25, -0.2) is 9.69 Å². The first-order valence-corrected chi connectivity index (χ1v) is 10.2. The number of fused-ring (bicyclic) bond motifs is 1. The largest absolute Gasteiger partial charge is 0.342 e. The van der Waals surface area contributed by atoms with E-state index >= 15 is 0 Å². The van der Waals surface area contributed by atoms with E-state index in [1.54, 1.807) is 30.3 Å². The van der Waals surface area contributed by atoms with Gasteiger partial charge in [0.05, 0.1) is 5.69 Å². The summed E-state index contributed by atoms with van der Waals surface area (Å²) >= 11 is 6.01. The Morgan fingerprint density at radius 3 is 2.35 bits per heavy atom. The van der Waals surface area contributed by atoms with Crippen LogP contribution in [0.15, 0.2) is 90.8 Å². The molecule has 1 aliphatic heterocycles. The van der Waals surface area contributed by atoms with E-state index < -0.39 is 6.03 Å². The highest BCUT2D eigenvalue weighted by Crippen LogP contribution is 2.27. The molecule has 31 heavy (non-hydrogen) atoms. The summed E-state index contributed by atoms with van der Waals surface area (Å²) in [5.74, 6) is -0.370. The zero-order valence-corrected chi connectivity index (χ0v) is 17.2. The number of para-hydroxylation sites is 2. The Hall–Kier alpha value is -3.83. The number of nitrogens with one attached hydrogen (secondary N) is 1. The van der Waals surface area contributed by atoms with E-state index in [4.69, 9.17) is 11.6 Å². The summed E-state index contributed by atoms with van der Waals surface area (Å²) in [6.45, 7) is 0.664. The maximum absolute atomic E-state index is 12.9. The maximum atomic E-state index is 12.9. The van der Waals surface area contributed by atoms with Gasteiger partial charge >= 0.3 is 6.03 Å². The van der Waals surface area contributed by atoms with Gasteiger partial charge in [-0.05, 0) is 42.0 Å². The smallest absolute Gasteiger partial charge is 0.333 e. The molecule has 0 spiro atoms. The molecule has 1 fully saturated rings. The molecule has 0 aliphatic carbocycles. The molecule has 2 heterocycles. The van der Waals surface area contributed by atoms with Crippen molar-refractivity contribution in [3.8, 4) is 0 Å². The quantitative estimate of drug-likeness (QED) is 0.348. The van der Waals surface area contributed by atoms with Gasteiger partial charge in [0.15, 0.2) is 0 Å². The third-order valence-electron chi connectivity index (χ3n) is 5.28. The third-order valence-corrected chi connectivity index (χ3v) is 5.53. The van der Waals surface area contributed by atoms with Crippen LogP contribution in [0, 0.1) is 0 Å². The number of hydrogen-bond acceptors (Lipinski definition) is 2. The first-order valence-electron chi connectivity index (χ1n) is 9.85. The van der Waals surface area contributed by atoms with Crippen molar-refractivity contribution in [3.05, 3.63) is 107 Å². The van der Waals surface area contributed by atoms with Gasteiger partial charge in [0.2, 0.25) is 0 Å². The first-order chi connectivity index (χ1) is 15.1. The average Bonchev–Trinajstić information content (AvgIpc) is 3.27. The van der Waals surface area contributed by atoms with E-state index in [1.807, 2.05) is 60.8 Å². The van der Waals surface area contributed by atoms with Crippen LogP contribution >= 0.6 is 11.6 Å². The highest BCUT2D eigenvalue weighted by Gasteiger charge is 2.34. The number of imide groups is 1. The highest BCUT2D eigenvalue weighted by molar-refractivity contribution is 6.30. The third kappa shape index (κ3) is 3.60. The van der Waals surface area contributed by atoms with Crippen LogP contribution in [0.1, 0.15) is 11.1 Å². The molecule has 5 nitrogen and oxygen atoms in total. The van der Waals surface area contributed by atoms with Crippen molar-refractivity contribution in [1.29, 1.82) is 0 Å². The Labute approximate surface area is 184 Å². The van der Waals surface area contributed by atoms with Gasteiger partial charge in [-0.3, -0.25) is 4.79 Å². The maximum Gasteiger partial charge on any atom is 0.333 e. The second kappa shape index (κ2) is 7.78. The van der Waals surface area contributed by atoms with Crippen molar-refractivity contribution in [2.45, 2.75) is 6.54 Å². The van der Waals surface area contributed by atoms with Crippen molar-refractivity contribution >= 4 is 46.2 Å². The Morgan fingerprint density at radius 2 is 1.58 bits per heavy atom. The van der Waals surface area contributed by atoms with Crippen LogP contribution in [-0.4, -0.2) is 16.5 Å². The van der Waals surface area contributed by atoms with Crippen molar-refractivity contribution in [2.75, 3.05) is 4.90 Å². The van der Waals surface area contributed by atoms with E-state index in [-0.39, 0.29) is 11.6 Å². The predicted molar refractivity (Wildman–Crippen MR) is 123 cm³/mol. The lowest BCUT2D eigenvalue weighted by molar-refractivity contribution is -0.113. The number of aromatic nitrogens is 1. The minimum absolute atomic E-state index is 0.253. The summed E-state index contributed by atoms with van der Waals surface area (Å²) in [6, 6.07) is 24.2. The van der Waals surface area contributed by atoms with Crippen LogP contribution in [0.4, 0.5) is 10.5 Å². The number of rotatable bonds is 4. The predicted octanol–water partition coefficient (Wildman–Crippen LogP) is 5.44. The number of hydrogen-bond donors (Lipinski definition) is 1. The number of halogens is 1. The Bertz CT molecular complexity index is 1320. The topological polar surface area (TPSA) is 54.3 Å². The molecule has 1 aromatic heterocycles. The van der Waals surface area contributed by atoms with Crippen molar-refractivity contribution < 1.29 is 9.59 Å². The number of anilines is 1. The second-order valence-electron chi connectivity index (χ2n) is 7.32. The highest BCUT2D eigenvalue weighted by atomic mass is 35.5. The summed E-state index contributed by atoms with van der Waals surface area (Å²) in [5.41, 5.74) is 3.82.